The van der Waals surface area contributed by atoms with Crippen molar-refractivity contribution in [2.45, 2.75) is 0 Å². The predicted molar refractivity (Wildman–Crippen MR) is 94.5 cm³/mol. The number of rotatable bonds is 3. The van der Waals surface area contributed by atoms with E-state index in [9.17, 15) is 0 Å². The molecule has 0 radical (unpaired) electrons. The summed E-state index contributed by atoms with van der Waals surface area (Å²) in [4.78, 5) is 0.757. The van der Waals surface area contributed by atoms with Crippen LogP contribution in [-0.2, 0) is 0 Å². The molecule has 0 saturated heterocycles. The average Bonchev–Trinajstić information content (AvgIpc) is 3.14. The van der Waals surface area contributed by atoms with Gasteiger partial charge < -0.3 is 0 Å². The quantitative estimate of drug-likeness (QED) is 0.545. The molecule has 0 aliphatic carbocycles. The smallest absolute Gasteiger partial charge is 0.182 e. The lowest BCUT2D eigenvalue weighted by Gasteiger charge is -1.97. The average molecular weight is 339 g/mol. The first-order chi connectivity index (χ1) is 11.3. The summed E-state index contributed by atoms with van der Waals surface area (Å²) < 4.78 is 1.75. The van der Waals surface area contributed by atoms with Gasteiger partial charge in [-0.05, 0) is 23.8 Å². The van der Waals surface area contributed by atoms with Crippen LogP contribution < -0.4 is 0 Å². The van der Waals surface area contributed by atoms with Crippen molar-refractivity contribution in [1.29, 1.82) is 0 Å². The molecule has 0 fully saturated rings. The zero-order valence-corrected chi connectivity index (χ0v) is 13.5. The van der Waals surface area contributed by atoms with E-state index in [4.69, 9.17) is 11.6 Å². The molecule has 112 valence electrons. The minimum Gasteiger partial charge on any atom is -0.182 e. The molecule has 6 heteroatoms. The first kappa shape index (κ1) is 14.1. The molecule has 4 rings (SSSR count). The number of aromatic nitrogens is 4. The lowest BCUT2D eigenvalue weighted by atomic mass is 10.2. The number of benzene rings is 2. The summed E-state index contributed by atoms with van der Waals surface area (Å²) in [5.74, 6) is 0.693. The van der Waals surface area contributed by atoms with Crippen LogP contribution in [0, 0.1) is 0 Å². The minimum absolute atomic E-state index is 0.665. The Labute approximate surface area is 141 Å². The molecule has 23 heavy (non-hydrogen) atoms. The van der Waals surface area contributed by atoms with E-state index >= 15 is 0 Å². The van der Waals surface area contributed by atoms with Crippen molar-refractivity contribution in [3.05, 3.63) is 70.2 Å². The molecule has 2 aromatic heterocycles. The van der Waals surface area contributed by atoms with Gasteiger partial charge in [-0.2, -0.15) is 9.61 Å². The van der Waals surface area contributed by atoms with Crippen LogP contribution in [0.5, 0.6) is 0 Å². The molecule has 4 nitrogen and oxygen atoms in total. The standard InChI is InChI=1S/C17H11ClN4S/c18-14-8-4-7-13(11-14)16-19-20-17-22(16)21-15(23-17)10-9-12-5-2-1-3-6-12/h1-11H/b10-9+. The van der Waals surface area contributed by atoms with Gasteiger partial charge in [0.2, 0.25) is 4.96 Å². The Morgan fingerprint density at radius 3 is 2.65 bits per heavy atom. The van der Waals surface area contributed by atoms with E-state index in [2.05, 4.69) is 15.3 Å². The van der Waals surface area contributed by atoms with Crippen molar-refractivity contribution in [2.24, 2.45) is 0 Å². The van der Waals surface area contributed by atoms with Crippen LogP contribution >= 0.6 is 22.9 Å². The molecule has 4 aromatic rings. The monoisotopic (exact) mass is 338 g/mol. The highest BCUT2D eigenvalue weighted by Crippen LogP contribution is 2.24. The summed E-state index contributed by atoms with van der Waals surface area (Å²) in [7, 11) is 0. The van der Waals surface area contributed by atoms with Gasteiger partial charge in [-0.15, -0.1) is 10.2 Å². The summed E-state index contributed by atoms with van der Waals surface area (Å²) in [5, 5.41) is 14.5. The summed E-state index contributed by atoms with van der Waals surface area (Å²) in [5.41, 5.74) is 2.03. The molecule has 2 aromatic carbocycles. The SMILES string of the molecule is Clc1cccc(-c2nnc3sc(/C=C/c4ccccc4)nn23)c1. The van der Waals surface area contributed by atoms with Gasteiger partial charge in [-0.25, -0.2) is 0 Å². The van der Waals surface area contributed by atoms with Crippen molar-refractivity contribution in [3.8, 4) is 11.4 Å². The maximum absolute atomic E-state index is 6.05. The van der Waals surface area contributed by atoms with Gasteiger partial charge in [-0.3, -0.25) is 0 Å². The molecular weight excluding hydrogens is 328 g/mol. The van der Waals surface area contributed by atoms with E-state index in [0.29, 0.717) is 10.8 Å². The highest BCUT2D eigenvalue weighted by molar-refractivity contribution is 7.17. The molecule has 0 aliphatic heterocycles. The van der Waals surface area contributed by atoms with Gasteiger partial charge in [0.15, 0.2) is 5.82 Å². The molecule has 0 atom stereocenters. The fourth-order valence-electron chi connectivity index (χ4n) is 2.24. The Morgan fingerprint density at radius 1 is 0.957 bits per heavy atom. The molecular formula is C17H11ClN4S. The van der Waals surface area contributed by atoms with E-state index in [0.717, 1.165) is 21.1 Å². The first-order valence-corrected chi connectivity index (χ1v) is 8.20. The molecule has 2 heterocycles. The third-order valence-corrected chi connectivity index (χ3v) is 4.41. The van der Waals surface area contributed by atoms with Crippen molar-refractivity contribution >= 4 is 40.1 Å². The fourth-order valence-corrected chi connectivity index (χ4v) is 3.17. The zero-order chi connectivity index (χ0) is 15.6. The predicted octanol–water partition coefficient (Wildman–Crippen LogP) is 4.68. The Bertz CT molecular complexity index is 988. The second-order valence-electron chi connectivity index (χ2n) is 4.91. The highest BCUT2D eigenvalue weighted by atomic mass is 35.5. The normalized spacial score (nSPS) is 11.5. The molecule has 0 amide bonds. The van der Waals surface area contributed by atoms with Crippen LogP contribution in [0.1, 0.15) is 10.6 Å². The third kappa shape index (κ3) is 2.88. The van der Waals surface area contributed by atoms with E-state index in [1.54, 1.807) is 4.52 Å². The summed E-state index contributed by atoms with van der Waals surface area (Å²) in [6, 6.07) is 17.6. The molecule has 0 N–H and O–H groups in total. The molecule has 0 aliphatic rings. The summed E-state index contributed by atoms with van der Waals surface area (Å²) in [6.07, 6.45) is 4.02. The van der Waals surface area contributed by atoms with Gasteiger partial charge in [0.25, 0.3) is 0 Å². The first-order valence-electron chi connectivity index (χ1n) is 7.01. The van der Waals surface area contributed by atoms with Gasteiger partial charge in [0.05, 0.1) is 0 Å². The maximum Gasteiger partial charge on any atom is 0.235 e. The molecule has 0 saturated carbocycles. The zero-order valence-electron chi connectivity index (χ0n) is 11.9. The molecule has 0 unspecified atom stereocenters. The fraction of sp³-hybridized carbons (Fsp3) is 0. The maximum atomic E-state index is 6.05. The van der Waals surface area contributed by atoms with Crippen LogP contribution in [-0.4, -0.2) is 19.8 Å². The van der Waals surface area contributed by atoms with Crippen LogP contribution in [0.15, 0.2) is 54.6 Å². The van der Waals surface area contributed by atoms with Crippen LogP contribution in [0.3, 0.4) is 0 Å². The Hall–Kier alpha value is -2.50. The molecule has 0 bridgehead atoms. The minimum atomic E-state index is 0.665. The number of nitrogens with zero attached hydrogens (tertiary/aromatic N) is 4. The highest BCUT2D eigenvalue weighted by Gasteiger charge is 2.12. The topological polar surface area (TPSA) is 43.1 Å². The van der Waals surface area contributed by atoms with Gasteiger partial charge in [-0.1, -0.05) is 71.5 Å². The van der Waals surface area contributed by atoms with Crippen LogP contribution in [0.25, 0.3) is 28.5 Å². The number of halogens is 1. The van der Waals surface area contributed by atoms with Crippen LogP contribution in [0.4, 0.5) is 0 Å². The van der Waals surface area contributed by atoms with Crippen molar-refractivity contribution in [1.82, 2.24) is 19.8 Å². The van der Waals surface area contributed by atoms with Crippen molar-refractivity contribution in [3.63, 3.8) is 0 Å². The van der Waals surface area contributed by atoms with E-state index < -0.39 is 0 Å². The Kier molecular flexibility index (Phi) is 3.65. The van der Waals surface area contributed by atoms with Gasteiger partial charge >= 0.3 is 0 Å². The second kappa shape index (κ2) is 5.95. The Balaban J connectivity index is 1.71. The second-order valence-corrected chi connectivity index (χ2v) is 6.34. The number of hydrogen-bond donors (Lipinski definition) is 0. The van der Waals surface area contributed by atoms with E-state index in [1.807, 2.05) is 66.7 Å². The van der Waals surface area contributed by atoms with Crippen molar-refractivity contribution < 1.29 is 0 Å². The largest absolute Gasteiger partial charge is 0.235 e. The van der Waals surface area contributed by atoms with Crippen LogP contribution in [0.2, 0.25) is 5.02 Å². The third-order valence-electron chi connectivity index (χ3n) is 3.31. The lowest BCUT2D eigenvalue weighted by molar-refractivity contribution is 0.960. The number of hydrogen-bond acceptors (Lipinski definition) is 4. The van der Waals surface area contributed by atoms with Crippen molar-refractivity contribution in [2.75, 3.05) is 0 Å². The van der Waals surface area contributed by atoms with E-state index in [1.165, 1.54) is 11.3 Å². The summed E-state index contributed by atoms with van der Waals surface area (Å²) >= 11 is 7.54. The number of fused-ring (bicyclic) bond motifs is 1. The van der Waals surface area contributed by atoms with Gasteiger partial charge in [0, 0.05) is 10.6 Å². The molecule has 0 spiro atoms. The van der Waals surface area contributed by atoms with Gasteiger partial charge in [0.1, 0.15) is 5.01 Å². The summed E-state index contributed by atoms with van der Waals surface area (Å²) in [6.45, 7) is 0. The Morgan fingerprint density at radius 2 is 1.83 bits per heavy atom. The van der Waals surface area contributed by atoms with E-state index in [-0.39, 0.29) is 0 Å². The lowest BCUT2D eigenvalue weighted by Crippen LogP contribution is -1.90.